The largest absolute Gasteiger partial charge is 0.455 e. The molecule has 1 atom stereocenters. The second-order valence-electron chi connectivity index (χ2n) is 7.70. The number of amides is 1. The van der Waals surface area contributed by atoms with Crippen LogP contribution in [0.25, 0.3) is 0 Å². The van der Waals surface area contributed by atoms with Crippen molar-refractivity contribution in [2.45, 2.75) is 51.8 Å². The maximum absolute atomic E-state index is 12.6. The van der Waals surface area contributed by atoms with Gasteiger partial charge in [0, 0.05) is 24.3 Å². The van der Waals surface area contributed by atoms with E-state index in [9.17, 15) is 9.59 Å². The fourth-order valence-corrected chi connectivity index (χ4v) is 4.07. The standard InChI is InChI=1S/C20H26N6O3S/c1-6-17(27)21-13-7-8-30(11-13)19-22-14(18(28)29-20(3,4)5)10-15(24-19)23-16-9-12(2)25-26-16/h7-11,30H,6H2,1-5H3,(H,21,27)(H2,22,23,24,25,26). The Kier molecular flexibility index (Phi) is 6.25. The first-order valence-electron chi connectivity index (χ1n) is 9.52. The third-order valence-corrected chi connectivity index (χ3v) is 5.51. The molecule has 1 aliphatic heterocycles. The molecule has 1 unspecified atom stereocenters. The van der Waals surface area contributed by atoms with Crippen molar-refractivity contribution in [3.05, 3.63) is 46.1 Å². The molecule has 0 spiro atoms. The Labute approximate surface area is 177 Å². The van der Waals surface area contributed by atoms with Crippen LogP contribution in [0, 0.1) is 6.92 Å². The highest BCUT2D eigenvalue weighted by Crippen LogP contribution is 2.42. The SMILES string of the molecule is CCC(=O)NC1=C[SH](c2nc(Nc3cc(C)n[nH]3)cc(C(=O)OC(C)(C)C)n2)C=C1. The monoisotopic (exact) mass is 430 g/mol. The number of allylic oxidation sites excluding steroid dienone is 1. The van der Waals surface area contributed by atoms with Crippen molar-refractivity contribution >= 4 is 34.4 Å². The summed E-state index contributed by atoms with van der Waals surface area (Å²) in [6.45, 7) is 9.06. The van der Waals surface area contributed by atoms with Gasteiger partial charge in [0.2, 0.25) is 5.91 Å². The van der Waals surface area contributed by atoms with Crippen molar-refractivity contribution < 1.29 is 14.3 Å². The number of hydrogen-bond acceptors (Lipinski definition) is 7. The number of thiol groups is 1. The molecule has 30 heavy (non-hydrogen) atoms. The quantitative estimate of drug-likeness (QED) is 0.314. The molecule has 3 N–H and O–H groups in total. The number of ether oxygens (including phenoxy) is 1. The number of carbonyl (C=O) groups excluding carboxylic acids is 2. The molecule has 0 fully saturated rings. The number of anilines is 2. The second kappa shape index (κ2) is 8.70. The van der Waals surface area contributed by atoms with Crippen LogP contribution in [0.15, 0.2) is 39.9 Å². The Balaban J connectivity index is 1.92. The maximum atomic E-state index is 12.6. The Morgan fingerprint density at radius 2 is 2.00 bits per heavy atom. The van der Waals surface area contributed by atoms with Gasteiger partial charge in [-0.15, -0.1) is 10.9 Å². The van der Waals surface area contributed by atoms with E-state index >= 15 is 0 Å². The Morgan fingerprint density at radius 1 is 1.23 bits per heavy atom. The van der Waals surface area contributed by atoms with E-state index in [1.165, 1.54) is 0 Å². The molecule has 3 rings (SSSR count). The predicted octanol–water partition coefficient (Wildman–Crippen LogP) is 3.46. The van der Waals surface area contributed by atoms with Crippen LogP contribution in [0.5, 0.6) is 0 Å². The van der Waals surface area contributed by atoms with Gasteiger partial charge in [0.25, 0.3) is 0 Å². The van der Waals surface area contributed by atoms with Crippen LogP contribution in [0.3, 0.4) is 0 Å². The van der Waals surface area contributed by atoms with E-state index in [-0.39, 0.29) is 11.6 Å². The van der Waals surface area contributed by atoms with E-state index in [4.69, 9.17) is 4.74 Å². The van der Waals surface area contributed by atoms with Gasteiger partial charge in [-0.2, -0.15) is 5.10 Å². The Bertz CT molecular complexity index is 1020. The van der Waals surface area contributed by atoms with Crippen LogP contribution in [-0.4, -0.2) is 37.6 Å². The fraction of sp³-hybridized carbons (Fsp3) is 0.350. The highest BCUT2D eigenvalue weighted by molar-refractivity contribution is 8.22. The van der Waals surface area contributed by atoms with Gasteiger partial charge in [-0.1, -0.05) is 6.92 Å². The van der Waals surface area contributed by atoms with Crippen LogP contribution in [0.2, 0.25) is 0 Å². The molecule has 0 bridgehead atoms. The fourth-order valence-electron chi connectivity index (χ4n) is 2.52. The minimum atomic E-state index is -1.03. The van der Waals surface area contributed by atoms with Crippen molar-refractivity contribution in [3.8, 4) is 0 Å². The first-order chi connectivity index (χ1) is 14.1. The van der Waals surface area contributed by atoms with E-state index in [2.05, 4.69) is 30.8 Å². The molecule has 10 heteroatoms. The van der Waals surface area contributed by atoms with Gasteiger partial charge in [-0.3, -0.25) is 9.89 Å². The number of aryl methyl sites for hydroxylation is 1. The molecule has 0 aliphatic carbocycles. The molecular weight excluding hydrogens is 404 g/mol. The molecule has 2 aromatic heterocycles. The lowest BCUT2D eigenvalue weighted by atomic mass is 10.2. The molecule has 160 valence electrons. The molecule has 2 aromatic rings. The van der Waals surface area contributed by atoms with Crippen molar-refractivity contribution in [1.82, 2.24) is 25.5 Å². The summed E-state index contributed by atoms with van der Waals surface area (Å²) in [6.07, 6.45) is 2.22. The molecule has 0 saturated heterocycles. The Hall–Kier alpha value is -3.14. The smallest absolute Gasteiger partial charge is 0.357 e. The number of esters is 1. The van der Waals surface area contributed by atoms with E-state index in [1.807, 2.05) is 29.9 Å². The predicted molar refractivity (Wildman–Crippen MR) is 117 cm³/mol. The van der Waals surface area contributed by atoms with E-state index in [0.29, 0.717) is 28.9 Å². The third-order valence-electron chi connectivity index (χ3n) is 3.82. The Morgan fingerprint density at radius 3 is 2.63 bits per heavy atom. The molecule has 9 nitrogen and oxygen atoms in total. The van der Waals surface area contributed by atoms with Crippen molar-refractivity contribution in [3.63, 3.8) is 0 Å². The number of hydrogen-bond donors (Lipinski definition) is 4. The molecule has 0 radical (unpaired) electrons. The topological polar surface area (TPSA) is 122 Å². The van der Waals surface area contributed by atoms with Crippen LogP contribution in [-0.2, 0) is 9.53 Å². The zero-order valence-corrected chi connectivity index (χ0v) is 18.5. The normalized spacial score (nSPS) is 16.8. The van der Waals surface area contributed by atoms with Gasteiger partial charge >= 0.3 is 5.97 Å². The van der Waals surface area contributed by atoms with Crippen molar-refractivity contribution in [1.29, 1.82) is 0 Å². The van der Waals surface area contributed by atoms with Gasteiger partial charge < -0.3 is 15.4 Å². The van der Waals surface area contributed by atoms with Gasteiger partial charge in [0.15, 0.2) is 10.9 Å². The van der Waals surface area contributed by atoms with Crippen LogP contribution < -0.4 is 10.6 Å². The van der Waals surface area contributed by atoms with Crippen LogP contribution in [0.1, 0.15) is 50.3 Å². The highest BCUT2D eigenvalue weighted by Gasteiger charge is 2.22. The van der Waals surface area contributed by atoms with Gasteiger partial charge in [0.1, 0.15) is 17.2 Å². The molecular formula is C20H26N6O3S. The summed E-state index contributed by atoms with van der Waals surface area (Å²) in [6, 6.07) is 3.38. The summed E-state index contributed by atoms with van der Waals surface area (Å²) in [5, 5.41) is 17.2. The molecule has 1 amide bonds. The maximum Gasteiger partial charge on any atom is 0.357 e. The number of aromatic nitrogens is 4. The number of H-pyrrole nitrogens is 1. The summed E-state index contributed by atoms with van der Waals surface area (Å²) in [4.78, 5) is 33.3. The van der Waals surface area contributed by atoms with Crippen molar-refractivity contribution in [2.24, 2.45) is 0 Å². The minimum absolute atomic E-state index is 0.0665. The lowest BCUT2D eigenvalue weighted by Gasteiger charge is -2.20. The van der Waals surface area contributed by atoms with Crippen molar-refractivity contribution in [2.75, 3.05) is 5.32 Å². The summed E-state index contributed by atoms with van der Waals surface area (Å²) in [5.74, 6) is 0.494. The highest BCUT2D eigenvalue weighted by atomic mass is 32.2. The summed E-state index contributed by atoms with van der Waals surface area (Å²) >= 11 is 0. The summed E-state index contributed by atoms with van der Waals surface area (Å²) < 4.78 is 5.48. The molecule has 0 aromatic carbocycles. The van der Waals surface area contributed by atoms with Gasteiger partial charge in [0.05, 0.1) is 5.69 Å². The number of carbonyl (C=O) groups is 2. The summed E-state index contributed by atoms with van der Waals surface area (Å²) in [5.41, 5.74) is 1.04. The first-order valence-corrected chi connectivity index (χ1v) is 11.0. The lowest BCUT2D eigenvalue weighted by molar-refractivity contribution is -0.120. The average molecular weight is 431 g/mol. The van der Waals surface area contributed by atoms with E-state index in [0.717, 1.165) is 5.69 Å². The minimum Gasteiger partial charge on any atom is -0.455 e. The number of rotatable bonds is 6. The molecule has 3 heterocycles. The average Bonchev–Trinajstić information content (AvgIpc) is 3.29. The van der Waals surface area contributed by atoms with Crippen LogP contribution in [0.4, 0.5) is 11.6 Å². The summed E-state index contributed by atoms with van der Waals surface area (Å²) in [7, 11) is -1.03. The van der Waals surface area contributed by atoms with Crippen LogP contribution >= 0.6 is 10.9 Å². The van der Waals surface area contributed by atoms with E-state index < -0.39 is 22.5 Å². The first kappa shape index (κ1) is 21.6. The zero-order valence-electron chi connectivity index (χ0n) is 17.6. The van der Waals surface area contributed by atoms with E-state index in [1.54, 1.807) is 33.8 Å². The van der Waals surface area contributed by atoms with Gasteiger partial charge in [-0.25, -0.2) is 14.8 Å². The second-order valence-corrected chi connectivity index (χ2v) is 9.47. The number of aromatic amines is 1. The lowest BCUT2D eigenvalue weighted by Crippen LogP contribution is -2.24. The molecule has 0 saturated carbocycles. The number of nitrogens with one attached hydrogen (secondary N) is 3. The zero-order chi connectivity index (χ0) is 21.9. The third kappa shape index (κ3) is 5.69. The molecule has 1 aliphatic rings. The van der Waals surface area contributed by atoms with Gasteiger partial charge in [-0.05, 0) is 44.6 Å². The number of nitrogens with zero attached hydrogens (tertiary/aromatic N) is 3.